The van der Waals surface area contributed by atoms with Gasteiger partial charge in [-0.25, -0.2) is 0 Å². The number of esters is 2. The van der Waals surface area contributed by atoms with Gasteiger partial charge in [-0.15, -0.1) is 0 Å². The van der Waals surface area contributed by atoms with Gasteiger partial charge in [0.25, 0.3) is 0 Å². The Labute approximate surface area is 163 Å². The number of rotatable bonds is 2. The van der Waals surface area contributed by atoms with Gasteiger partial charge in [0.15, 0.2) is 5.78 Å². The molecule has 7 heteroatoms. The van der Waals surface area contributed by atoms with E-state index in [0.29, 0.717) is 19.3 Å². The van der Waals surface area contributed by atoms with Crippen LogP contribution in [0.25, 0.3) is 0 Å². The van der Waals surface area contributed by atoms with Gasteiger partial charge < -0.3 is 19.0 Å². The predicted octanol–water partition coefficient (Wildman–Crippen LogP) is 2.43. The molecule has 2 saturated carbocycles. The second-order valence-electron chi connectivity index (χ2n) is 8.95. The summed E-state index contributed by atoms with van der Waals surface area (Å²) >= 11 is 0. The monoisotopic (exact) mass is 390 g/mol. The molecule has 0 radical (unpaired) electrons. The second kappa shape index (κ2) is 6.44. The third-order valence-corrected chi connectivity index (χ3v) is 7.52. The Balaban J connectivity index is 1.79. The Bertz CT molecular complexity index is 800. The quantitative estimate of drug-likeness (QED) is 0.774. The summed E-state index contributed by atoms with van der Waals surface area (Å²) in [4.78, 5) is 38.6. The largest absolute Gasteiger partial charge is 0.472 e. The van der Waals surface area contributed by atoms with Gasteiger partial charge in [-0.3, -0.25) is 14.4 Å². The van der Waals surface area contributed by atoms with E-state index in [1.807, 2.05) is 13.8 Å². The number of aliphatic hydroxyl groups is 1. The smallest absolute Gasteiger partial charge is 0.310 e. The maximum atomic E-state index is 13.2. The number of ether oxygens (including phenoxy) is 2. The summed E-state index contributed by atoms with van der Waals surface area (Å²) in [6, 6.07) is 1.75. The van der Waals surface area contributed by atoms with Gasteiger partial charge in [0.2, 0.25) is 0 Å². The molecule has 7 atom stereocenters. The minimum atomic E-state index is -1.23. The molecule has 152 valence electrons. The number of fused-ring (bicyclic) bond motifs is 3. The van der Waals surface area contributed by atoms with E-state index >= 15 is 0 Å². The fourth-order valence-electron chi connectivity index (χ4n) is 6.17. The van der Waals surface area contributed by atoms with Gasteiger partial charge in [0, 0.05) is 11.5 Å². The van der Waals surface area contributed by atoms with Crippen LogP contribution in [0, 0.1) is 28.6 Å². The lowest BCUT2D eigenvalue weighted by molar-refractivity contribution is -0.207. The molecule has 2 heterocycles. The van der Waals surface area contributed by atoms with E-state index in [0.717, 1.165) is 5.56 Å². The molecule has 4 rings (SSSR count). The third-order valence-electron chi connectivity index (χ3n) is 7.52. The topological polar surface area (TPSA) is 103 Å². The summed E-state index contributed by atoms with van der Waals surface area (Å²) in [6.45, 7) is 3.86. The number of hydrogen-bond acceptors (Lipinski definition) is 7. The van der Waals surface area contributed by atoms with Crippen LogP contribution < -0.4 is 0 Å². The summed E-state index contributed by atoms with van der Waals surface area (Å²) in [7, 11) is 1.32. The van der Waals surface area contributed by atoms with Crippen LogP contribution in [0.5, 0.6) is 0 Å². The van der Waals surface area contributed by atoms with E-state index in [4.69, 9.17) is 13.9 Å². The maximum Gasteiger partial charge on any atom is 0.310 e. The van der Waals surface area contributed by atoms with Gasteiger partial charge >= 0.3 is 11.9 Å². The normalized spacial score (nSPS) is 42.9. The minimum Gasteiger partial charge on any atom is -0.472 e. The first-order valence-electron chi connectivity index (χ1n) is 9.74. The highest BCUT2D eigenvalue weighted by atomic mass is 16.5. The van der Waals surface area contributed by atoms with Crippen molar-refractivity contribution in [2.45, 2.75) is 51.7 Å². The zero-order valence-electron chi connectivity index (χ0n) is 16.3. The fraction of sp³-hybridized carbons (Fsp3) is 0.667. The molecule has 3 aliphatic rings. The zero-order valence-corrected chi connectivity index (χ0v) is 16.3. The molecule has 1 unspecified atom stereocenters. The molecule has 0 spiro atoms. The van der Waals surface area contributed by atoms with Crippen molar-refractivity contribution < 1.29 is 33.4 Å². The minimum absolute atomic E-state index is 0.0643. The molecule has 0 aromatic carbocycles. The standard InChI is InChI=1S/C21H26O7/c1-20-6-4-12-19(25)28-15(11-5-7-27-10-11)9-21(12,2)17(20)16(23)14(22)8-13(20)18(24)26-3/h5,7,10,12-15,17,22H,4,6,8-9H2,1-3H3/t12-,13+,14+,15+,17?,20+,21+/m1/s1. The van der Waals surface area contributed by atoms with Crippen molar-refractivity contribution in [2.24, 2.45) is 28.6 Å². The number of ketones is 1. The lowest BCUT2D eigenvalue weighted by atomic mass is 9.43. The van der Waals surface area contributed by atoms with E-state index in [1.165, 1.54) is 13.4 Å². The van der Waals surface area contributed by atoms with Gasteiger partial charge in [0.05, 0.1) is 31.5 Å². The maximum absolute atomic E-state index is 13.2. The molecular formula is C21H26O7. The highest BCUT2D eigenvalue weighted by Crippen LogP contribution is 2.64. The molecule has 2 aliphatic carbocycles. The predicted molar refractivity (Wildman–Crippen MR) is 95.7 cm³/mol. The molecule has 3 fully saturated rings. The Morgan fingerprint density at radius 3 is 2.68 bits per heavy atom. The van der Waals surface area contributed by atoms with E-state index < -0.39 is 46.8 Å². The molecule has 1 aliphatic heterocycles. The van der Waals surface area contributed by atoms with Crippen molar-refractivity contribution in [1.29, 1.82) is 0 Å². The Morgan fingerprint density at radius 1 is 1.29 bits per heavy atom. The summed E-state index contributed by atoms with van der Waals surface area (Å²) in [5.74, 6) is -2.68. The van der Waals surface area contributed by atoms with Crippen LogP contribution in [0.2, 0.25) is 0 Å². The number of hydrogen-bond donors (Lipinski definition) is 1. The summed E-state index contributed by atoms with van der Waals surface area (Å²) in [5, 5.41) is 10.5. The Morgan fingerprint density at radius 2 is 2.04 bits per heavy atom. The molecular weight excluding hydrogens is 364 g/mol. The van der Waals surface area contributed by atoms with Crippen molar-refractivity contribution >= 4 is 17.7 Å². The third kappa shape index (κ3) is 2.55. The number of methoxy groups -OCH3 is 1. The van der Waals surface area contributed by atoms with E-state index in [1.54, 1.807) is 12.3 Å². The van der Waals surface area contributed by atoms with Crippen LogP contribution in [0.1, 0.15) is 51.2 Å². The van der Waals surface area contributed by atoms with E-state index in [2.05, 4.69) is 0 Å². The van der Waals surface area contributed by atoms with Crippen LogP contribution in [0.15, 0.2) is 23.0 Å². The van der Waals surface area contributed by atoms with E-state index in [9.17, 15) is 19.5 Å². The molecule has 28 heavy (non-hydrogen) atoms. The molecule has 1 saturated heterocycles. The first-order chi connectivity index (χ1) is 13.2. The first-order valence-corrected chi connectivity index (χ1v) is 9.74. The SMILES string of the molecule is COC(=O)[C@@H]1C[C@H](O)C(=O)C2[C@@]3(C)C[C@@H](c4ccoc4)OC(=O)[C@H]3CC[C@]21C. The molecule has 7 nitrogen and oxygen atoms in total. The summed E-state index contributed by atoms with van der Waals surface area (Å²) in [6.07, 6.45) is 2.88. The van der Waals surface area contributed by atoms with Crippen LogP contribution >= 0.6 is 0 Å². The number of aliphatic hydroxyl groups excluding tert-OH is 1. The van der Waals surface area contributed by atoms with Crippen LogP contribution in [0.4, 0.5) is 0 Å². The van der Waals surface area contributed by atoms with Crippen molar-refractivity contribution in [1.82, 2.24) is 0 Å². The number of carbonyl (C=O) groups is 3. The van der Waals surface area contributed by atoms with Crippen LogP contribution in [-0.2, 0) is 23.9 Å². The number of furan rings is 1. The second-order valence-corrected chi connectivity index (χ2v) is 8.95. The Kier molecular flexibility index (Phi) is 4.41. The Hall–Kier alpha value is -2.15. The van der Waals surface area contributed by atoms with Crippen molar-refractivity contribution in [3.05, 3.63) is 24.2 Å². The van der Waals surface area contributed by atoms with Crippen molar-refractivity contribution in [2.75, 3.05) is 7.11 Å². The van der Waals surface area contributed by atoms with Crippen LogP contribution in [-0.4, -0.2) is 36.0 Å². The van der Waals surface area contributed by atoms with Gasteiger partial charge in [0.1, 0.15) is 12.2 Å². The fourth-order valence-corrected chi connectivity index (χ4v) is 6.17. The van der Waals surface area contributed by atoms with Gasteiger partial charge in [-0.1, -0.05) is 13.8 Å². The highest BCUT2D eigenvalue weighted by molar-refractivity contribution is 5.91. The molecule has 1 N–H and O–H groups in total. The van der Waals surface area contributed by atoms with Gasteiger partial charge in [-0.2, -0.15) is 0 Å². The van der Waals surface area contributed by atoms with Gasteiger partial charge in [-0.05, 0) is 42.6 Å². The molecule has 1 aromatic rings. The molecule has 0 amide bonds. The van der Waals surface area contributed by atoms with E-state index in [-0.39, 0.29) is 18.2 Å². The summed E-state index contributed by atoms with van der Waals surface area (Å²) < 4.78 is 15.8. The number of carbonyl (C=O) groups excluding carboxylic acids is 3. The number of Topliss-reactive ketones (excluding diaryl/α,β-unsaturated/α-hetero) is 1. The zero-order chi connectivity index (χ0) is 20.3. The first kappa shape index (κ1) is 19.2. The summed E-state index contributed by atoms with van der Waals surface area (Å²) in [5.41, 5.74) is -0.656. The average Bonchev–Trinajstić information content (AvgIpc) is 3.18. The molecule has 0 bridgehead atoms. The van der Waals surface area contributed by atoms with Crippen molar-refractivity contribution in [3.8, 4) is 0 Å². The van der Waals surface area contributed by atoms with Crippen molar-refractivity contribution in [3.63, 3.8) is 0 Å². The highest BCUT2D eigenvalue weighted by Gasteiger charge is 2.67. The average molecular weight is 390 g/mol. The lowest BCUT2D eigenvalue weighted by Gasteiger charge is -2.60. The molecule has 1 aromatic heterocycles. The van der Waals surface area contributed by atoms with Crippen LogP contribution in [0.3, 0.4) is 0 Å². The number of cyclic esters (lactones) is 1. The lowest BCUT2D eigenvalue weighted by Crippen LogP contribution is -2.64.